The standard InChI is InChI=1S/C21H24ClN3O4S2/c1-28-7-8-30-19-11-23-17(31-19)10-18(26)25-13-21(5-6-24(12-21)20(27)29-2)15-9-14(22)3-4-16(15)25/h3-4,9,11H,5-8,10,12-13H2,1-2H3. The molecule has 0 radical (unpaired) electrons. The van der Waals surface area contributed by atoms with Gasteiger partial charge >= 0.3 is 6.09 Å². The fourth-order valence-electron chi connectivity index (χ4n) is 4.26. The van der Waals surface area contributed by atoms with Crippen LogP contribution in [0.2, 0.25) is 5.02 Å². The number of hydrogen-bond acceptors (Lipinski definition) is 7. The first kappa shape index (κ1) is 22.4. The monoisotopic (exact) mass is 481 g/mol. The second-order valence-corrected chi connectivity index (χ2v) is 10.6. The molecule has 1 aromatic carbocycles. The zero-order chi connectivity index (χ0) is 22.0. The molecule has 1 saturated heterocycles. The SMILES string of the molecule is COCCSc1cnc(CC(=O)N2CC3(CCN(C(=O)OC)C3)c3cc(Cl)ccc32)s1. The predicted molar refractivity (Wildman–Crippen MR) is 122 cm³/mol. The second-order valence-electron chi connectivity index (χ2n) is 7.65. The van der Waals surface area contributed by atoms with E-state index in [9.17, 15) is 9.59 Å². The van der Waals surface area contributed by atoms with Crippen molar-refractivity contribution in [3.63, 3.8) is 0 Å². The number of methoxy groups -OCH3 is 2. The van der Waals surface area contributed by atoms with Crippen LogP contribution in [0.4, 0.5) is 10.5 Å². The van der Waals surface area contributed by atoms with Crippen LogP contribution in [0.25, 0.3) is 0 Å². The van der Waals surface area contributed by atoms with Crippen LogP contribution in [0.15, 0.2) is 28.6 Å². The lowest BCUT2D eigenvalue weighted by Crippen LogP contribution is -2.40. The van der Waals surface area contributed by atoms with E-state index >= 15 is 0 Å². The van der Waals surface area contributed by atoms with E-state index in [1.54, 1.807) is 41.2 Å². The summed E-state index contributed by atoms with van der Waals surface area (Å²) in [7, 11) is 3.07. The summed E-state index contributed by atoms with van der Waals surface area (Å²) in [6.07, 6.45) is 2.48. The molecular formula is C21H24ClN3O4S2. The Morgan fingerprint density at radius 3 is 2.94 bits per heavy atom. The zero-order valence-electron chi connectivity index (χ0n) is 17.4. The molecule has 7 nitrogen and oxygen atoms in total. The van der Waals surface area contributed by atoms with Crippen LogP contribution in [0, 0.1) is 0 Å². The van der Waals surface area contributed by atoms with Crippen molar-refractivity contribution in [1.82, 2.24) is 9.88 Å². The number of hydrogen-bond donors (Lipinski definition) is 0. The van der Waals surface area contributed by atoms with Gasteiger partial charge in [-0.05, 0) is 30.2 Å². The number of benzene rings is 1. The summed E-state index contributed by atoms with van der Waals surface area (Å²) in [5, 5.41) is 1.42. The maximum absolute atomic E-state index is 13.3. The molecule has 2 aliphatic rings. The normalized spacial score (nSPS) is 19.8. The lowest BCUT2D eigenvalue weighted by atomic mass is 9.81. The molecule has 0 bridgehead atoms. The maximum Gasteiger partial charge on any atom is 0.409 e. The highest BCUT2D eigenvalue weighted by molar-refractivity contribution is 8.01. The van der Waals surface area contributed by atoms with Crippen LogP contribution in [0.3, 0.4) is 0 Å². The highest BCUT2D eigenvalue weighted by Crippen LogP contribution is 2.47. The number of ether oxygens (including phenoxy) is 2. The molecular weight excluding hydrogens is 458 g/mol. The molecule has 3 heterocycles. The molecule has 2 amide bonds. The average molecular weight is 482 g/mol. The van der Waals surface area contributed by atoms with Crippen LogP contribution in [-0.4, -0.2) is 68.1 Å². The summed E-state index contributed by atoms with van der Waals surface area (Å²) < 4.78 is 11.1. The molecule has 10 heteroatoms. The number of aromatic nitrogens is 1. The van der Waals surface area contributed by atoms with Crippen LogP contribution in [-0.2, 0) is 26.1 Å². The molecule has 0 N–H and O–H groups in total. The number of carbonyl (C=O) groups is 2. The molecule has 31 heavy (non-hydrogen) atoms. The average Bonchev–Trinajstić information content (AvgIpc) is 3.47. The topological polar surface area (TPSA) is 72.0 Å². The Hall–Kier alpha value is -1.81. The smallest absolute Gasteiger partial charge is 0.409 e. The van der Waals surface area contributed by atoms with Gasteiger partial charge in [0.25, 0.3) is 0 Å². The lowest BCUT2D eigenvalue weighted by molar-refractivity contribution is -0.118. The van der Waals surface area contributed by atoms with E-state index in [0.29, 0.717) is 31.3 Å². The Balaban J connectivity index is 1.52. The number of amides is 2. The Morgan fingerprint density at radius 1 is 1.32 bits per heavy atom. The predicted octanol–water partition coefficient (Wildman–Crippen LogP) is 3.83. The molecule has 1 fully saturated rings. The van der Waals surface area contributed by atoms with Crippen LogP contribution in [0.5, 0.6) is 0 Å². The number of halogens is 1. The minimum absolute atomic E-state index is 0.000225. The quantitative estimate of drug-likeness (QED) is 0.461. The van der Waals surface area contributed by atoms with Gasteiger partial charge in [-0.15, -0.1) is 23.1 Å². The maximum atomic E-state index is 13.3. The fraction of sp³-hybridized carbons (Fsp3) is 0.476. The van der Waals surface area contributed by atoms with E-state index in [1.807, 2.05) is 23.2 Å². The van der Waals surface area contributed by atoms with Crippen molar-refractivity contribution in [3.05, 3.63) is 40.0 Å². The third-order valence-electron chi connectivity index (χ3n) is 5.74. The molecule has 0 saturated carbocycles. The second kappa shape index (κ2) is 9.36. The number of carbonyl (C=O) groups excluding carboxylic acids is 2. The Bertz CT molecular complexity index is 985. The van der Waals surface area contributed by atoms with Gasteiger partial charge in [0, 0.05) is 48.6 Å². The summed E-state index contributed by atoms with van der Waals surface area (Å²) in [4.78, 5) is 33.3. The first-order valence-corrected chi connectivity index (χ1v) is 12.1. The third kappa shape index (κ3) is 4.55. The molecule has 2 aromatic rings. The van der Waals surface area contributed by atoms with E-state index in [4.69, 9.17) is 21.1 Å². The third-order valence-corrected chi connectivity index (χ3v) is 8.13. The van der Waals surface area contributed by atoms with Crippen molar-refractivity contribution in [2.24, 2.45) is 0 Å². The van der Waals surface area contributed by atoms with Crippen molar-refractivity contribution in [2.75, 3.05) is 51.1 Å². The zero-order valence-corrected chi connectivity index (χ0v) is 19.8. The summed E-state index contributed by atoms with van der Waals surface area (Å²) >= 11 is 9.52. The van der Waals surface area contributed by atoms with Gasteiger partial charge in [-0.25, -0.2) is 9.78 Å². The molecule has 166 valence electrons. The molecule has 1 atom stereocenters. The van der Waals surface area contributed by atoms with Gasteiger partial charge in [0.2, 0.25) is 5.91 Å². The summed E-state index contributed by atoms with van der Waals surface area (Å²) in [5.41, 5.74) is 1.57. The van der Waals surface area contributed by atoms with Crippen molar-refractivity contribution >= 4 is 52.4 Å². The number of thiazole rings is 1. The van der Waals surface area contributed by atoms with Gasteiger partial charge < -0.3 is 19.3 Å². The Kier molecular flexibility index (Phi) is 6.76. The van der Waals surface area contributed by atoms with Gasteiger partial charge in [0.15, 0.2) is 0 Å². The number of anilines is 1. The van der Waals surface area contributed by atoms with E-state index in [2.05, 4.69) is 4.98 Å². The number of fused-ring (bicyclic) bond motifs is 2. The lowest BCUT2D eigenvalue weighted by Gasteiger charge is -2.25. The molecule has 1 aromatic heterocycles. The number of nitrogens with zero attached hydrogens (tertiary/aromatic N) is 3. The summed E-state index contributed by atoms with van der Waals surface area (Å²) in [6, 6.07) is 5.64. The largest absolute Gasteiger partial charge is 0.453 e. The van der Waals surface area contributed by atoms with E-state index in [-0.39, 0.29) is 23.8 Å². The first-order valence-electron chi connectivity index (χ1n) is 9.95. The highest BCUT2D eigenvalue weighted by atomic mass is 35.5. The van der Waals surface area contributed by atoms with Gasteiger partial charge in [0.1, 0.15) is 5.01 Å². The number of rotatable bonds is 6. The first-order chi connectivity index (χ1) is 15.0. The minimum Gasteiger partial charge on any atom is -0.453 e. The van der Waals surface area contributed by atoms with Gasteiger partial charge in [-0.2, -0.15) is 0 Å². The Morgan fingerprint density at radius 2 is 2.16 bits per heavy atom. The highest BCUT2D eigenvalue weighted by Gasteiger charge is 2.50. The Labute approximate surface area is 194 Å². The molecule has 1 unspecified atom stereocenters. The van der Waals surface area contributed by atoms with Crippen LogP contribution >= 0.6 is 34.7 Å². The molecule has 4 rings (SSSR count). The number of likely N-dealkylation sites (tertiary alicyclic amines) is 1. The van der Waals surface area contributed by atoms with Gasteiger partial charge in [-0.1, -0.05) is 11.6 Å². The summed E-state index contributed by atoms with van der Waals surface area (Å²) in [6.45, 7) is 2.30. The van der Waals surface area contributed by atoms with E-state index in [1.165, 1.54) is 7.11 Å². The fourth-order valence-corrected chi connectivity index (χ4v) is 6.43. The minimum atomic E-state index is -0.341. The van der Waals surface area contributed by atoms with Crippen molar-refractivity contribution in [2.45, 2.75) is 22.5 Å². The number of thioether (sulfide) groups is 1. The van der Waals surface area contributed by atoms with Gasteiger partial charge in [0.05, 0.1) is 30.5 Å². The van der Waals surface area contributed by atoms with Crippen molar-refractivity contribution in [3.8, 4) is 0 Å². The molecule has 2 aliphatic heterocycles. The van der Waals surface area contributed by atoms with E-state index < -0.39 is 0 Å². The van der Waals surface area contributed by atoms with Crippen LogP contribution in [0.1, 0.15) is 17.0 Å². The summed E-state index contributed by atoms with van der Waals surface area (Å²) in [5.74, 6) is 0.853. The van der Waals surface area contributed by atoms with Crippen molar-refractivity contribution in [1.29, 1.82) is 0 Å². The van der Waals surface area contributed by atoms with Crippen LogP contribution < -0.4 is 4.90 Å². The van der Waals surface area contributed by atoms with Crippen molar-refractivity contribution < 1.29 is 19.1 Å². The van der Waals surface area contributed by atoms with Gasteiger partial charge in [-0.3, -0.25) is 4.79 Å². The molecule has 0 aliphatic carbocycles. The molecule has 1 spiro atoms. The van der Waals surface area contributed by atoms with E-state index in [0.717, 1.165) is 32.6 Å².